The van der Waals surface area contributed by atoms with E-state index in [1.807, 2.05) is 78.7 Å². The second-order valence-corrected chi connectivity index (χ2v) is 8.92. The topological polar surface area (TPSA) is 63.9 Å². The van der Waals surface area contributed by atoms with E-state index in [4.69, 9.17) is 9.47 Å². The first-order valence-corrected chi connectivity index (χ1v) is 12.2. The van der Waals surface area contributed by atoms with E-state index in [1.54, 1.807) is 6.08 Å². The summed E-state index contributed by atoms with van der Waals surface area (Å²) in [7, 11) is 2.04. The molecule has 184 valence electrons. The number of fused-ring (bicyclic) bond motifs is 2. The first kappa shape index (κ1) is 23.7. The third-order valence-corrected chi connectivity index (χ3v) is 6.55. The highest BCUT2D eigenvalue weighted by Crippen LogP contribution is 2.40. The maximum absolute atomic E-state index is 13.4. The van der Waals surface area contributed by atoms with Crippen LogP contribution in [0.2, 0.25) is 0 Å². The number of amides is 1. The molecule has 1 aromatic heterocycles. The predicted molar refractivity (Wildman–Crippen MR) is 142 cm³/mol. The molecule has 0 bridgehead atoms. The number of aliphatic hydroxyl groups excluding tert-OH is 1. The number of aliphatic hydroxyl groups is 1. The lowest BCUT2D eigenvalue weighted by Crippen LogP contribution is -2.30. The zero-order valence-corrected chi connectivity index (χ0v) is 20.4. The average molecular weight is 483 g/mol. The van der Waals surface area contributed by atoms with Gasteiger partial charge in [0.2, 0.25) is 12.7 Å². The second kappa shape index (κ2) is 10.7. The number of para-hydroxylation sites is 1. The van der Waals surface area contributed by atoms with Crippen LogP contribution in [0.15, 0.2) is 78.9 Å². The van der Waals surface area contributed by atoms with Crippen molar-refractivity contribution < 1.29 is 19.4 Å². The monoisotopic (exact) mass is 482 g/mol. The fraction of sp³-hybridized carbons (Fsp3) is 0.233. The van der Waals surface area contributed by atoms with Gasteiger partial charge in [0, 0.05) is 54.8 Å². The van der Waals surface area contributed by atoms with Crippen LogP contribution in [0.4, 0.5) is 0 Å². The Morgan fingerprint density at radius 2 is 1.78 bits per heavy atom. The average Bonchev–Trinajstić information content (AvgIpc) is 3.49. The van der Waals surface area contributed by atoms with Gasteiger partial charge in [-0.05, 0) is 48.7 Å². The van der Waals surface area contributed by atoms with Gasteiger partial charge in [0.05, 0.1) is 5.69 Å². The Labute approximate surface area is 211 Å². The first-order chi connectivity index (χ1) is 17.7. The summed E-state index contributed by atoms with van der Waals surface area (Å²) in [6.45, 7) is 1.46. The molecule has 5 rings (SSSR count). The number of aromatic nitrogens is 1. The fourth-order valence-corrected chi connectivity index (χ4v) is 4.73. The molecule has 0 saturated carbocycles. The van der Waals surface area contributed by atoms with Crippen molar-refractivity contribution in [1.82, 2.24) is 9.47 Å². The lowest BCUT2D eigenvalue weighted by Gasteiger charge is -2.21. The standard InChI is InChI=1S/C30H30N2O4/c1-31-26-12-6-5-11-24(26)25(30(31)23-13-15-27-28(19-23)36-21-35-27)14-16-29(34)32(17-7-8-18-33)20-22-9-3-2-4-10-22/h2-6,9-16,19,33H,7-8,17-18,20-21H2,1H3/b16-14+. The Hall–Kier alpha value is -4.03. The van der Waals surface area contributed by atoms with E-state index in [-0.39, 0.29) is 19.3 Å². The normalized spacial score (nSPS) is 12.5. The van der Waals surface area contributed by atoms with Crippen LogP contribution in [0.3, 0.4) is 0 Å². The van der Waals surface area contributed by atoms with Crippen LogP contribution in [0.25, 0.3) is 28.2 Å². The second-order valence-electron chi connectivity index (χ2n) is 8.92. The van der Waals surface area contributed by atoms with E-state index in [9.17, 15) is 9.90 Å². The number of benzene rings is 3. The van der Waals surface area contributed by atoms with Crippen molar-refractivity contribution in [2.75, 3.05) is 19.9 Å². The quantitative estimate of drug-likeness (QED) is 0.257. The molecule has 0 saturated heterocycles. The minimum absolute atomic E-state index is 0.0543. The van der Waals surface area contributed by atoms with Crippen LogP contribution in [-0.2, 0) is 18.4 Å². The smallest absolute Gasteiger partial charge is 0.246 e. The molecule has 0 radical (unpaired) electrons. The molecule has 0 spiro atoms. The van der Waals surface area contributed by atoms with E-state index in [2.05, 4.69) is 16.7 Å². The van der Waals surface area contributed by atoms with Gasteiger partial charge in [-0.15, -0.1) is 0 Å². The van der Waals surface area contributed by atoms with Gasteiger partial charge in [0.1, 0.15) is 0 Å². The molecule has 6 nitrogen and oxygen atoms in total. The number of ether oxygens (including phenoxy) is 2. The van der Waals surface area contributed by atoms with Crippen LogP contribution in [0.1, 0.15) is 24.0 Å². The summed E-state index contributed by atoms with van der Waals surface area (Å²) in [6, 6.07) is 24.1. The number of aryl methyl sites for hydroxylation is 1. The maximum atomic E-state index is 13.4. The highest BCUT2D eigenvalue weighted by atomic mass is 16.7. The van der Waals surface area contributed by atoms with Gasteiger partial charge in [0.15, 0.2) is 11.5 Å². The molecule has 0 fully saturated rings. The van der Waals surface area contributed by atoms with E-state index in [0.29, 0.717) is 19.5 Å². The molecule has 1 amide bonds. The van der Waals surface area contributed by atoms with Gasteiger partial charge in [0.25, 0.3) is 0 Å². The lowest BCUT2D eigenvalue weighted by molar-refractivity contribution is -0.126. The third-order valence-electron chi connectivity index (χ3n) is 6.55. The van der Waals surface area contributed by atoms with Crippen molar-refractivity contribution in [3.05, 3.63) is 90.0 Å². The third kappa shape index (κ3) is 4.86. The Kier molecular flexibility index (Phi) is 7.05. The minimum Gasteiger partial charge on any atom is -0.454 e. The van der Waals surface area contributed by atoms with Crippen LogP contribution < -0.4 is 9.47 Å². The molecule has 1 N–H and O–H groups in total. The predicted octanol–water partition coefficient (Wildman–Crippen LogP) is 5.39. The van der Waals surface area contributed by atoms with Crippen molar-refractivity contribution in [3.63, 3.8) is 0 Å². The summed E-state index contributed by atoms with van der Waals surface area (Å²) in [4.78, 5) is 15.2. The molecular weight excluding hydrogens is 452 g/mol. The summed E-state index contributed by atoms with van der Waals surface area (Å²) >= 11 is 0. The first-order valence-electron chi connectivity index (χ1n) is 12.2. The zero-order valence-electron chi connectivity index (χ0n) is 20.4. The largest absolute Gasteiger partial charge is 0.454 e. The number of rotatable bonds is 9. The van der Waals surface area contributed by atoms with E-state index in [1.165, 1.54) is 0 Å². The van der Waals surface area contributed by atoms with Crippen molar-refractivity contribution in [2.45, 2.75) is 19.4 Å². The van der Waals surface area contributed by atoms with Gasteiger partial charge in [-0.1, -0.05) is 48.5 Å². The molecular formula is C30H30N2O4. The molecule has 0 atom stereocenters. The number of unbranched alkanes of at least 4 members (excludes halogenated alkanes) is 1. The number of nitrogens with zero attached hydrogens (tertiary/aromatic N) is 2. The van der Waals surface area contributed by atoms with E-state index in [0.717, 1.165) is 51.2 Å². The van der Waals surface area contributed by atoms with Gasteiger partial charge in [-0.25, -0.2) is 0 Å². The Balaban J connectivity index is 1.50. The van der Waals surface area contributed by atoms with Crippen molar-refractivity contribution in [2.24, 2.45) is 7.05 Å². The van der Waals surface area contributed by atoms with Gasteiger partial charge in [-0.2, -0.15) is 0 Å². The molecule has 1 aliphatic heterocycles. The highest BCUT2D eigenvalue weighted by Gasteiger charge is 2.20. The molecule has 0 unspecified atom stereocenters. The molecule has 0 aliphatic carbocycles. The Morgan fingerprint density at radius 1 is 1.00 bits per heavy atom. The summed E-state index contributed by atoms with van der Waals surface area (Å²) in [6.07, 6.45) is 5.01. The number of hydrogen-bond acceptors (Lipinski definition) is 4. The SMILES string of the molecule is Cn1c(-c2ccc3c(c2)OCO3)c(/C=C/C(=O)N(CCCCO)Cc2ccccc2)c2ccccc21. The summed E-state index contributed by atoms with van der Waals surface area (Å²) < 4.78 is 13.3. The Bertz CT molecular complexity index is 1390. The van der Waals surface area contributed by atoms with Gasteiger partial charge >= 0.3 is 0 Å². The Morgan fingerprint density at radius 3 is 2.61 bits per heavy atom. The fourth-order valence-electron chi connectivity index (χ4n) is 4.73. The molecule has 1 aliphatic rings. The highest BCUT2D eigenvalue weighted by molar-refractivity contribution is 6.01. The summed E-state index contributed by atoms with van der Waals surface area (Å²) in [5.41, 5.74) is 5.15. The lowest BCUT2D eigenvalue weighted by atomic mass is 10.0. The molecule has 3 aromatic carbocycles. The molecule has 4 aromatic rings. The van der Waals surface area contributed by atoms with Gasteiger partial charge < -0.3 is 24.0 Å². The maximum Gasteiger partial charge on any atom is 0.246 e. The van der Waals surface area contributed by atoms with Crippen LogP contribution in [-0.4, -0.2) is 40.4 Å². The summed E-state index contributed by atoms with van der Waals surface area (Å²) in [5.74, 6) is 1.41. The molecule has 36 heavy (non-hydrogen) atoms. The molecule has 2 heterocycles. The summed E-state index contributed by atoms with van der Waals surface area (Å²) in [5, 5.41) is 10.3. The minimum atomic E-state index is -0.0543. The van der Waals surface area contributed by atoms with Crippen LogP contribution in [0, 0.1) is 0 Å². The molecule has 6 heteroatoms. The van der Waals surface area contributed by atoms with Gasteiger partial charge in [-0.3, -0.25) is 4.79 Å². The van der Waals surface area contributed by atoms with Crippen LogP contribution >= 0.6 is 0 Å². The number of hydrogen-bond donors (Lipinski definition) is 1. The van der Waals surface area contributed by atoms with Crippen LogP contribution in [0.5, 0.6) is 11.5 Å². The van der Waals surface area contributed by atoms with Crippen molar-refractivity contribution >= 4 is 22.9 Å². The van der Waals surface area contributed by atoms with E-state index < -0.39 is 0 Å². The van der Waals surface area contributed by atoms with Crippen molar-refractivity contribution in [1.29, 1.82) is 0 Å². The van der Waals surface area contributed by atoms with E-state index >= 15 is 0 Å². The number of carbonyl (C=O) groups excluding carboxylic acids is 1. The number of carbonyl (C=O) groups is 1. The zero-order chi connectivity index (χ0) is 24.9. The van der Waals surface area contributed by atoms with Crippen molar-refractivity contribution in [3.8, 4) is 22.8 Å².